The molecule has 346 valence electrons. The summed E-state index contributed by atoms with van der Waals surface area (Å²) in [5.41, 5.74) is 31.7. The van der Waals surface area contributed by atoms with Gasteiger partial charge in [-0.2, -0.15) is 0 Å². The van der Waals surface area contributed by atoms with Gasteiger partial charge in [0.05, 0.1) is 10.8 Å². The third kappa shape index (κ3) is 7.35. The summed E-state index contributed by atoms with van der Waals surface area (Å²) in [6.07, 6.45) is 0. The van der Waals surface area contributed by atoms with Crippen molar-refractivity contribution in [3.63, 3.8) is 0 Å². The molecule has 2 aliphatic heterocycles. The Kier molecular flexibility index (Phi) is 9.63. The highest BCUT2D eigenvalue weighted by Crippen LogP contribution is 2.58. The van der Waals surface area contributed by atoms with E-state index in [1.54, 1.807) is 97.1 Å². The quantitative estimate of drug-likeness (QED) is 0.0776. The first kappa shape index (κ1) is 41.7. The fourth-order valence-corrected chi connectivity index (χ4v) is 8.78. The van der Waals surface area contributed by atoms with Gasteiger partial charge in [0.25, 0.3) is 0 Å². The van der Waals surface area contributed by atoms with Crippen molar-refractivity contribution >= 4 is 66.9 Å². The normalized spacial score (nSPS) is 11.6. The predicted molar refractivity (Wildman–Crippen MR) is 280 cm³/mol. The van der Waals surface area contributed by atoms with E-state index in [0.29, 0.717) is 91.1 Å². The molecule has 5 heterocycles. The van der Waals surface area contributed by atoms with Gasteiger partial charge < -0.3 is 51.9 Å². The van der Waals surface area contributed by atoms with Crippen LogP contribution in [0.4, 0.5) is 22.7 Å². The Morgan fingerprint density at radius 1 is 0.278 bits per heavy atom. The molecule has 0 fully saturated rings. The molecule has 2 aliphatic rings. The van der Waals surface area contributed by atoms with E-state index in [9.17, 15) is 0 Å². The van der Waals surface area contributed by atoms with Gasteiger partial charge in [-0.25, -0.2) is 29.9 Å². The number of H-pyrrole nitrogens is 2. The smallest absolute Gasteiger partial charge is 0.217 e. The first-order chi connectivity index (χ1) is 35.3. The van der Waals surface area contributed by atoms with Crippen molar-refractivity contribution < 1.29 is 18.9 Å². The number of benzene rings is 8. The third-order valence-corrected chi connectivity index (χ3v) is 12.2. The summed E-state index contributed by atoms with van der Waals surface area (Å²) < 4.78 is 28.0. The van der Waals surface area contributed by atoms with Crippen LogP contribution in [0.25, 0.3) is 89.7 Å². The lowest BCUT2D eigenvalue weighted by Crippen LogP contribution is -2.00. The SMILES string of the molecule is Nc1ccc(Oc2c(Oc3ccc(N)cc3)c(Oc3ccc(N)cc3)c3c4nc5nc(nc6[nH]c(nc7nc(nc([nH]4)c3c2Oc2ccc(N)cc2)-c2ccccc2-7)c2ccccc62)-c2ccccc2-5)cc1. The van der Waals surface area contributed by atoms with Crippen molar-refractivity contribution in [1.82, 2.24) is 39.9 Å². The van der Waals surface area contributed by atoms with Gasteiger partial charge in [0.1, 0.15) is 45.6 Å². The fraction of sp³-hybridized carbons (Fsp3) is 0. The number of nitrogens with zero attached hydrogens (tertiary/aromatic N) is 6. The molecular formula is C56H38N12O4. The Hall–Kier alpha value is -10.5. The molecule has 16 heteroatoms. The van der Waals surface area contributed by atoms with Gasteiger partial charge >= 0.3 is 0 Å². The van der Waals surface area contributed by atoms with Gasteiger partial charge in [-0.05, 0) is 97.1 Å². The standard InChI is InChI=1S/C56H38N12O4/c57-29-13-21-33(22-14-29)69-45-43-44(46(70-34-23-15-30(58)16-24-34)48(72-36-27-19-32(60)20-28-36)47(45)71-35-25-17-31(59)18-26-35)56-67-54-42-12-6-4-10-40(42)52(65-54)63-50-38-8-2-1-7-37(38)49(61-50)62-51-39-9-3-5-11-41(39)53(64-51)66-55(43)68-56/h1-28H,57-60H2,(H2,61,62,63,64,65,66,67,68). The highest BCUT2D eigenvalue weighted by molar-refractivity contribution is 6.15. The van der Waals surface area contributed by atoms with Crippen molar-refractivity contribution in [1.29, 1.82) is 0 Å². The van der Waals surface area contributed by atoms with Gasteiger partial charge in [0.15, 0.2) is 34.8 Å². The number of anilines is 4. The average molecular weight is 943 g/mol. The number of nitrogens with one attached hydrogen (secondary N) is 2. The van der Waals surface area contributed by atoms with E-state index in [4.69, 9.17) is 71.8 Å². The first-order valence-electron chi connectivity index (χ1n) is 22.7. The van der Waals surface area contributed by atoms with Crippen molar-refractivity contribution in [3.05, 3.63) is 170 Å². The summed E-state index contributed by atoms with van der Waals surface area (Å²) in [7, 11) is 0. The molecule has 8 aromatic carbocycles. The number of fused-ring (bicyclic) bond motifs is 20. The molecule has 11 aromatic rings. The van der Waals surface area contributed by atoms with Gasteiger partial charge in [0, 0.05) is 55.8 Å². The van der Waals surface area contributed by atoms with Crippen LogP contribution < -0.4 is 41.9 Å². The minimum Gasteiger partial charge on any atom is -0.452 e. The molecule has 0 saturated carbocycles. The van der Waals surface area contributed by atoms with Crippen LogP contribution in [-0.2, 0) is 0 Å². The second-order valence-corrected chi connectivity index (χ2v) is 17.0. The number of rotatable bonds is 8. The Morgan fingerprint density at radius 3 is 0.861 bits per heavy atom. The van der Waals surface area contributed by atoms with Gasteiger partial charge in [-0.3, -0.25) is 0 Å². The number of ether oxygens (including phenoxy) is 4. The zero-order chi connectivity index (χ0) is 48.5. The number of nitrogens with two attached hydrogens (primary N) is 4. The van der Waals surface area contributed by atoms with Gasteiger partial charge in [-0.1, -0.05) is 72.8 Å². The summed E-state index contributed by atoms with van der Waals surface area (Å²) in [4.78, 5) is 38.4. The Morgan fingerprint density at radius 2 is 0.542 bits per heavy atom. The van der Waals surface area contributed by atoms with Crippen LogP contribution in [0.3, 0.4) is 0 Å². The molecule has 0 aliphatic carbocycles. The van der Waals surface area contributed by atoms with Gasteiger partial charge in [-0.15, -0.1) is 0 Å². The highest BCUT2D eigenvalue weighted by atomic mass is 16.6. The van der Waals surface area contributed by atoms with Gasteiger partial charge in [0.2, 0.25) is 11.5 Å². The van der Waals surface area contributed by atoms with E-state index in [0.717, 1.165) is 33.0 Å². The lowest BCUT2D eigenvalue weighted by atomic mass is 10.1. The number of hydrogen-bond acceptors (Lipinski definition) is 14. The van der Waals surface area contributed by atoms with Crippen LogP contribution in [0.1, 0.15) is 0 Å². The molecule has 0 spiro atoms. The van der Waals surface area contributed by atoms with Crippen LogP contribution in [0.15, 0.2) is 170 Å². The third-order valence-electron chi connectivity index (χ3n) is 12.2. The summed E-state index contributed by atoms with van der Waals surface area (Å²) in [6, 6.07) is 51.4. The van der Waals surface area contributed by atoms with Crippen LogP contribution in [0, 0.1) is 0 Å². The maximum Gasteiger partial charge on any atom is 0.217 e. The topological polar surface area (TPSA) is 250 Å². The van der Waals surface area contributed by atoms with Crippen LogP contribution in [0.5, 0.6) is 46.0 Å². The second kappa shape index (κ2) is 16.6. The molecule has 0 amide bonds. The lowest BCUT2D eigenvalue weighted by Gasteiger charge is -2.21. The largest absolute Gasteiger partial charge is 0.452 e. The van der Waals surface area contributed by atoms with E-state index in [2.05, 4.69) is 9.97 Å². The van der Waals surface area contributed by atoms with E-state index >= 15 is 0 Å². The van der Waals surface area contributed by atoms with Crippen molar-refractivity contribution in [2.75, 3.05) is 22.9 Å². The second-order valence-electron chi connectivity index (χ2n) is 17.0. The predicted octanol–water partition coefficient (Wildman–Crippen LogP) is 12.4. The molecule has 8 bridgehead atoms. The maximum atomic E-state index is 7.05. The molecule has 13 rings (SSSR count). The number of nitrogen functional groups attached to an aromatic ring is 4. The Labute approximate surface area is 408 Å². The molecule has 3 aromatic heterocycles. The minimum absolute atomic E-state index is 0.0995. The molecule has 0 radical (unpaired) electrons. The summed E-state index contributed by atoms with van der Waals surface area (Å²) in [5, 5.41) is 2.47. The maximum absolute atomic E-state index is 7.05. The summed E-state index contributed by atoms with van der Waals surface area (Å²) in [5.74, 6) is 3.73. The lowest BCUT2D eigenvalue weighted by molar-refractivity contribution is 0.371. The zero-order valence-corrected chi connectivity index (χ0v) is 37.8. The zero-order valence-electron chi connectivity index (χ0n) is 37.8. The molecule has 0 saturated heterocycles. The monoisotopic (exact) mass is 942 g/mol. The fourth-order valence-electron chi connectivity index (χ4n) is 8.78. The summed E-state index contributed by atoms with van der Waals surface area (Å²) >= 11 is 0. The van der Waals surface area contributed by atoms with E-state index in [1.165, 1.54) is 0 Å². The van der Waals surface area contributed by atoms with E-state index < -0.39 is 0 Å². The van der Waals surface area contributed by atoms with Crippen LogP contribution >= 0.6 is 0 Å². The van der Waals surface area contributed by atoms with Crippen molar-refractivity contribution in [3.8, 4) is 91.5 Å². The van der Waals surface area contributed by atoms with Crippen molar-refractivity contribution in [2.45, 2.75) is 0 Å². The van der Waals surface area contributed by atoms with E-state index in [-0.39, 0.29) is 34.3 Å². The number of aromatic amines is 2. The summed E-state index contributed by atoms with van der Waals surface area (Å²) in [6.45, 7) is 0. The molecule has 10 N–H and O–H groups in total. The van der Waals surface area contributed by atoms with Crippen LogP contribution in [0.2, 0.25) is 0 Å². The molecule has 16 nitrogen and oxygen atoms in total. The highest BCUT2D eigenvalue weighted by Gasteiger charge is 2.32. The molecule has 72 heavy (non-hydrogen) atoms. The molecule has 0 atom stereocenters. The number of aromatic nitrogens is 8. The van der Waals surface area contributed by atoms with Crippen LogP contribution in [-0.4, -0.2) is 39.9 Å². The first-order valence-corrected chi connectivity index (χ1v) is 22.7. The number of hydrogen-bond donors (Lipinski definition) is 6. The minimum atomic E-state index is 0.0995. The Bertz CT molecular complexity index is 3880. The van der Waals surface area contributed by atoms with Crippen molar-refractivity contribution in [2.24, 2.45) is 0 Å². The average Bonchev–Trinajstić information content (AvgIpc) is 4.14. The molecule has 0 unspecified atom stereocenters. The van der Waals surface area contributed by atoms with E-state index in [1.807, 2.05) is 72.8 Å². The Balaban J connectivity index is 1.24. The molecular weight excluding hydrogens is 905 g/mol.